The van der Waals surface area contributed by atoms with Gasteiger partial charge in [0, 0.05) is 23.7 Å². The number of thiophene rings is 1. The number of nitrogens with one attached hydrogen (secondary N) is 1. The first kappa shape index (κ1) is 13.9. The summed E-state index contributed by atoms with van der Waals surface area (Å²) < 4.78 is 1.56. The van der Waals surface area contributed by atoms with Crippen LogP contribution in [-0.2, 0) is 13.0 Å². The van der Waals surface area contributed by atoms with E-state index in [0.717, 1.165) is 24.3 Å². The molecular weight excluding hydrogens is 312 g/mol. The van der Waals surface area contributed by atoms with E-state index in [1.807, 2.05) is 29.2 Å². The molecule has 0 aliphatic carbocycles. The molecule has 7 nitrogen and oxygen atoms in total. The molecule has 0 fully saturated rings. The number of benzene rings is 1. The Hall–Kier alpha value is -2.74. The van der Waals surface area contributed by atoms with Gasteiger partial charge < -0.3 is 10.2 Å². The van der Waals surface area contributed by atoms with Crippen LogP contribution in [0.15, 0.2) is 42.0 Å². The van der Waals surface area contributed by atoms with Crippen LogP contribution in [0.3, 0.4) is 0 Å². The van der Waals surface area contributed by atoms with Gasteiger partial charge >= 0.3 is 6.03 Å². The van der Waals surface area contributed by atoms with E-state index in [9.17, 15) is 4.79 Å². The lowest BCUT2D eigenvalue weighted by Crippen LogP contribution is -2.38. The molecule has 0 unspecified atom stereocenters. The minimum Gasteiger partial charge on any atom is -0.320 e. The van der Waals surface area contributed by atoms with Crippen LogP contribution < -0.4 is 5.32 Å². The molecule has 0 saturated heterocycles. The van der Waals surface area contributed by atoms with Crippen molar-refractivity contribution in [1.82, 2.24) is 25.1 Å². The molecule has 8 heteroatoms. The standard InChI is InChI=1S/C15H14N6OS/c22-15(20-7-5-14-11(9-20)6-8-23-14)17-12-1-3-13(4-2-12)21-10-16-18-19-21/h1-4,6,8,10H,5,7,9H2,(H,17,22). The van der Waals surface area contributed by atoms with E-state index in [1.165, 1.54) is 16.8 Å². The van der Waals surface area contributed by atoms with Crippen molar-refractivity contribution in [2.45, 2.75) is 13.0 Å². The van der Waals surface area contributed by atoms with Crippen molar-refractivity contribution < 1.29 is 4.79 Å². The summed E-state index contributed by atoms with van der Waals surface area (Å²) in [4.78, 5) is 15.6. The Morgan fingerprint density at radius 3 is 2.87 bits per heavy atom. The second-order valence-corrected chi connectivity index (χ2v) is 6.27. The molecule has 116 valence electrons. The number of nitrogens with zero attached hydrogens (tertiary/aromatic N) is 5. The molecule has 1 N–H and O–H groups in total. The summed E-state index contributed by atoms with van der Waals surface area (Å²) >= 11 is 1.77. The largest absolute Gasteiger partial charge is 0.322 e. The molecule has 0 atom stereocenters. The fraction of sp³-hybridized carbons (Fsp3) is 0.200. The molecule has 2 amide bonds. The van der Waals surface area contributed by atoms with Crippen molar-refractivity contribution in [3.63, 3.8) is 0 Å². The fourth-order valence-electron chi connectivity index (χ4n) is 2.60. The van der Waals surface area contributed by atoms with Crippen LogP contribution in [0.1, 0.15) is 10.4 Å². The summed E-state index contributed by atoms with van der Waals surface area (Å²) in [6.45, 7) is 1.43. The number of amides is 2. The SMILES string of the molecule is O=C(Nc1ccc(-n2cnnn2)cc1)N1CCc2sccc2C1. The second kappa shape index (κ2) is 5.81. The van der Waals surface area contributed by atoms with Gasteiger partial charge in [0.05, 0.1) is 5.69 Å². The van der Waals surface area contributed by atoms with Crippen molar-refractivity contribution >= 4 is 23.1 Å². The number of anilines is 1. The van der Waals surface area contributed by atoms with E-state index >= 15 is 0 Å². The zero-order valence-corrected chi connectivity index (χ0v) is 13.0. The smallest absolute Gasteiger partial charge is 0.320 e. The Morgan fingerprint density at radius 2 is 2.09 bits per heavy atom. The number of hydrogen-bond donors (Lipinski definition) is 1. The number of carbonyl (C=O) groups is 1. The van der Waals surface area contributed by atoms with E-state index < -0.39 is 0 Å². The van der Waals surface area contributed by atoms with Gasteiger partial charge in [-0.3, -0.25) is 0 Å². The first-order valence-electron chi connectivity index (χ1n) is 7.24. The Bertz CT molecular complexity index is 811. The fourth-order valence-corrected chi connectivity index (χ4v) is 3.49. The number of hydrogen-bond acceptors (Lipinski definition) is 5. The highest BCUT2D eigenvalue weighted by atomic mass is 32.1. The van der Waals surface area contributed by atoms with E-state index in [4.69, 9.17) is 0 Å². The third-order valence-electron chi connectivity index (χ3n) is 3.83. The van der Waals surface area contributed by atoms with Gasteiger partial charge in [0.2, 0.25) is 0 Å². The minimum absolute atomic E-state index is 0.0722. The van der Waals surface area contributed by atoms with Gasteiger partial charge in [-0.2, -0.15) is 0 Å². The Balaban J connectivity index is 1.43. The average molecular weight is 326 g/mol. The van der Waals surface area contributed by atoms with Gasteiger partial charge in [0.15, 0.2) is 0 Å². The quantitative estimate of drug-likeness (QED) is 0.784. The molecule has 1 aliphatic heterocycles. The Labute approximate surface area is 136 Å². The molecule has 4 rings (SSSR count). The van der Waals surface area contributed by atoms with Crippen LogP contribution in [0.2, 0.25) is 0 Å². The minimum atomic E-state index is -0.0722. The summed E-state index contributed by atoms with van der Waals surface area (Å²) in [6.07, 6.45) is 2.46. The molecule has 3 heterocycles. The van der Waals surface area contributed by atoms with Crippen LogP contribution in [0.4, 0.5) is 10.5 Å². The topological polar surface area (TPSA) is 75.9 Å². The van der Waals surface area contributed by atoms with Crippen LogP contribution >= 0.6 is 11.3 Å². The van der Waals surface area contributed by atoms with E-state index in [2.05, 4.69) is 32.3 Å². The normalized spacial score (nSPS) is 13.7. The first-order valence-corrected chi connectivity index (χ1v) is 8.12. The third kappa shape index (κ3) is 2.80. The zero-order chi connectivity index (χ0) is 15.6. The molecule has 3 aromatic rings. The average Bonchev–Trinajstić information content (AvgIpc) is 3.26. The zero-order valence-electron chi connectivity index (χ0n) is 12.2. The van der Waals surface area contributed by atoms with E-state index in [1.54, 1.807) is 16.0 Å². The first-order chi connectivity index (χ1) is 11.3. The number of rotatable bonds is 2. The predicted molar refractivity (Wildman–Crippen MR) is 86.6 cm³/mol. The molecule has 23 heavy (non-hydrogen) atoms. The van der Waals surface area contributed by atoms with Crippen LogP contribution in [-0.4, -0.2) is 37.7 Å². The maximum atomic E-state index is 12.4. The van der Waals surface area contributed by atoms with Crippen molar-refractivity contribution in [2.24, 2.45) is 0 Å². The number of carbonyl (C=O) groups excluding carboxylic acids is 1. The number of fused-ring (bicyclic) bond motifs is 1. The highest BCUT2D eigenvalue weighted by Gasteiger charge is 2.21. The van der Waals surface area contributed by atoms with Crippen molar-refractivity contribution in [2.75, 3.05) is 11.9 Å². The lowest BCUT2D eigenvalue weighted by Gasteiger charge is -2.27. The van der Waals surface area contributed by atoms with Gasteiger partial charge in [0.25, 0.3) is 0 Å². The van der Waals surface area contributed by atoms with Crippen molar-refractivity contribution in [3.05, 3.63) is 52.5 Å². The van der Waals surface area contributed by atoms with Crippen LogP contribution in [0, 0.1) is 0 Å². The maximum absolute atomic E-state index is 12.4. The highest BCUT2D eigenvalue weighted by Crippen LogP contribution is 2.24. The van der Waals surface area contributed by atoms with Crippen molar-refractivity contribution in [3.8, 4) is 5.69 Å². The summed E-state index contributed by atoms with van der Waals surface area (Å²) in [6, 6.07) is 9.43. The molecule has 0 saturated carbocycles. The Kier molecular flexibility index (Phi) is 3.51. The number of aromatic nitrogens is 4. The number of tetrazole rings is 1. The van der Waals surface area contributed by atoms with Crippen LogP contribution in [0.25, 0.3) is 5.69 Å². The molecule has 1 aliphatic rings. The van der Waals surface area contributed by atoms with Crippen molar-refractivity contribution in [1.29, 1.82) is 0 Å². The molecule has 0 spiro atoms. The monoisotopic (exact) mass is 326 g/mol. The van der Waals surface area contributed by atoms with Gasteiger partial charge in [-0.1, -0.05) is 0 Å². The maximum Gasteiger partial charge on any atom is 0.322 e. The molecule has 2 aromatic heterocycles. The van der Waals surface area contributed by atoms with Crippen LogP contribution in [0.5, 0.6) is 0 Å². The number of urea groups is 1. The highest BCUT2D eigenvalue weighted by molar-refractivity contribution is 7.10. The lowest BCUT2D eigenvalue weighted by atomic mass is 10.1. The van der Waals surface area contributed by atoms with Gasteiger partial charge in [-0.05, 0) is 58.1 Å². The summed E-state index contributed by atoms with van der Waals surface area (Å²) in [5.74, 6) is 0. The molecular formula is C15H14N6OS. The van der Waals surface area contributed by atoms with E-state index in [0.29, 0.717) is 6.54 Å². The molecule has 0 radical (unpaired) electrons. The molecule has 0 bridgehead atoms. The lowest BCUT2D eigenvalue weighted by molar-refractivity contribution is 0.207. The van der Waals surface area contributed by atoms with Gasteiger partial charge in [-0.25, -0.2) is 9.48 Å². The summed E-state index contributed by atoms with van der Waals surface area (Å²) in [5.41, 5.74) is 2.85. The second-order valence-electron chi connectivity index (χ2n) is 5.27. The van der Waals surface area contributed by atoms with E-state index in [-0.39, 0.29) is 6.03 Å². The molecule has 1 aromatic carbocycles. The third-order valence-corrected chi connectivity index (χ3v) is 4.85. The van der Waals surface area contributed by atoms with Gasteiger partial charge in [-0.15, -0.1) is 16.4 Å². The van der Waals surface area contributed by atoms with Gasteiger partial charge in [0.1, 0.15) is 6.33 Å². The predicted octanol–water partition coefficient (Wildman–Crippen LogP) is 2.31. The summed E-state index contributed by atoms with van der Waals surface area (Å²) in [5, 5.41) is 16.1. The summed E-state index contributed by atoms with van der Waals surface area (Å²) in [7, 11) is 0. The Morgan fingerprint density at radius 1 is 1.22 bits per heavy atom.